The van der Waals surface area contributed by atoms with E-state index in [0.717, 1.165) is 77.9 Å². The molecule has 0 saturated carbocycles. The van der Waals surface area contributed by atoms with Gasteiger partial charge in [0, 0.05) is 45.1 Å². The minimum absolute atomic E-state index is 0.753. The zero-order valence-electron chi connectivity index (χ0n) is 25.2. The van der Waals surface area contributed by atoms with Gasteiger partial charge in [-0.25, -0.2) is 9.97 Å². The highest BCUT2D eigenvalue weighted by Gasteiger charge is 2.16. The molecule has 0 unspecified atom stereocenters. The van der Waals surface area contributed by atoms with E-state index in [-0.39, 0.29) is 0 Å². The Balaban J connectivity index is 1.14. The van der Waals surface area contributed by atoms with Crippen LogP contribution in [0, 0.1) is 0 Å². The topological polar surface area (TPSA) is 43.8 Å². The molecule has 0 N–H and O–H groups in total. The van der Waals surface area contributed by atoms with Crippen LogP contribution in [-0.4, -0.2) is 18.8 Å². The standard InChI is InChI=1S/C42H26N4O/c1-3-11-27(12-4-1)37-25-45-39-17-9-7-15-33(39)31-21-19-29(23-35(31)41(45)43-37)47-30-20-22-32-34-16-8-10-18-40(34)46-26-38(28-13-5-2-6-14-28)44-42(46)36(32)24-30/h1-26H. The molecule has 0 aliphatic heterocycles. The molecule has 4 aromatic heterocycles. The van der Waals surface area contributed by atoms with Crippen LogP contribution in [0.5, 0.6) is 11.5 Å². The molecule has 0 atom stereocenters. The lowest BCUT2D eigenvalue weighted by Crippen LogP contribution is -1.92. The van der Waals surface area contributed by atoms with Gasteiger partial charge in [-0.1, -0.05) is 97.1 Å². The first kappa shape index (κ1) is 25.8. The fourth-order valence-electron chi connectivity index (χ4n) is 6.98. The van der Waals surface area contributed by atoms with E-state index in [0.29, 0.717) is 0 Å². The Morgan fingerprint density at radius 1 is 0.383 bits per heavy atom. The zero-order valence-corrected chi connectivity index (χ0v) is 25.2. The fraction of sp³-hybridized carbons (Fsp3) is 0. The van der Waals surface area contributed by atoms with Crippen molar-refractivity contribution < 1.29 is 4.74 Å². The molecule has 0 bridgehead atoms. The van der Waals surface area contributed by atoms with Crippen molar-refractivity contribution in [2.24, 2.45) is 0 Å². The normalized spacial score (nSPS) is 11.8. The van der Waals surface area contributed by atoms with Crippen LogP contribution >= 0.6 is 0 Å². The molecule has 47 heavy (non-hydrogen) atoms. The van der Waals surface area contributed by atoms with Gasteiger partial charge in [0.1, 0.15) is 22.8 Å². The first-order valence-electron chi connectivity index (χ1n) is 15.7. The average molecular weight is 603 g/mol. The summed E-state index contributed by atoms with van der Waals surface area (Å²) in [5, 5.41) is 6.71. The number of hydrogen-bond acceptors (Lipinski definition) is 3. The summed E-state index contributed by atoms with van der Waals surface area (Å²) in [4.78, 5) is 10.3. The summed E-state index contributed by atoms with van der Waals surface area (Å²) in [6, 6.07) is 50.3. The second-order valence-corrected chi connectivity index (χ2v) is 11.9. The lowest BCUT2D eigenvalue weighted by atomic mass is 10.1. The highest BCUT2D eigenvalue weighted by molar-refractivity contribution is 6.13. The molecule has 5 heteroatoms. The second-order valence-electron chi connectivity index (χ2n) is 11.9. The molecule has 0 spiro atoms. The molecule has 6 aromatic carbocycles. The number of pyridine rings is 2. The maximum atomic E-state index is 6.63. The molecule has 0 radical (unpaired) electrons. The first-order valence-corrected chi connectivity index (χ1v) is 15.7. The van der Waals surface area contributed by atoms with E-state index < -0.39 is 0 Å². The van der Waals surface area contributed by atoms with Crippen molar-refractivity contribution in [3.63, 3.8) is 0 Å². The number of fused-ring (bicyclic) bond motifs is 12. The van der Waals surface area contributed by atoms with E-state index in [1.54, 1.807) is 0 Å². The van der Waals surface area contributed by atoms with Crippen LogP contribution in [0.3, 0.4) is 0 Å². The molecule has 220 valence electrons. The van der Waals surface area contributed by atoms with Gasteiger partial charge in [-0.3, -0.25) is 8.80 Å². The quantitative estimate of drug-likeness (QED) is 0.188. The van der Waals surface area contributed by atoms with Gasteiger partial charge in [-0.15, -0.1) is 0 Å². The lowest BCUT2D eigenvalue weighted by Gasteiger charge is -2.12. The van der Waals surface area contributed by atoms with Gasteiger partial charge in [0.15, 0.2) is 0 Å². The third-order valence-corrected chi connectivity index (χ3v) is 9.16. The summed E-state index contributed by atoms with van der Waals surface area (Å²) >= 11 is 0. The van der Waals surface area contributed by atoms with Crippen LogP contribution in [0.15, 0.2) is 158 Å². The summed E-state index contributed by atoms with van der Waals surface area (Å²) in [6.07, 6.45) is 4.26. The molecule has 0 fully saturated rings. The maximum absolute atomic E-state index is 6.63. The SMILES string of the molecule is c1ccc(-c2cn3c4ccccc4c4ccc(Oc5ccc6c7ccccc7n7cc(-c8ccccc8)nc7c6c5)cc4c3n2)cc1. The van der Waals surface area contributed by atoms with Crippen molar-refractivity contribution in [3.8, 4) is 34.0 Å². The van der Waals surface area contributed by atoms with E-state index in [1.807, 2.05) is 36.4 Å². The summed E-state index contributed by atoms with van der Waals surface area (Å²) in [6.45, 7) is 0. The number of benzene rings is 6. The van der Waals surface area contributed by atoms with E-state index in [1.165, 1.54) is 10.8 Å². The third-order valence-electron chi connectivity index (χ3n) is 9.16. The number of hydrogen-bond donors (Lipinski definition) is 0. The molecular formula is C42H26N4O. The Morgan fingerprint density at radius 2 is 0.809 bits per heavy atom. The zero-order chi connectivity index (χ0) is 30.9. The largest absolute Gasteiger partial charge is 0.457 e. The van der Waals surface area contributed by atoms with Crippen molar-refractivity contribution >= 4 is 54.6 Å². The number of ether oxygens (including phenoxy) is 1. The van der Waals surface area contributed by atoms with Gasteiger partial charge in [-0.05, 0) is 59.3 Å². The van der Waals surface area contributed by atoms with E-state index in [4.69, 9.17) is 14.7 Å². The number of rotatable bonds is 4. The van der Waals surface area contributed by atoms with Crippen molar-refractivity contribution in [2.75, 3.05) is 0 Å². The fourth-order valence-corrected chi connectivity index (χ4v) is 6.98. The van der Waals surface area contributed by atoms with Crippen molar-refractivity contribution in [1.82, 2.24) is 18.8 Å². The van der Waals surface area contributed by atoms with E-state index in [2.05, 4.69) is 130 Å². The van der Waals surface area contributed by atoms with Crippen molar-refractivity contribution in [3.05, 3.63) is 158 Å². The molecule has 0 amide bonds. The van der Waals surface area contributed by atoms with Crippen LogP contribution < -0.4 is 4.74 Å². The Bertz CT molecular complexity index is 2620. The molecular weight excluding hydrogens is 576 g/mol. The highest BCUT2D eigenvalue weighted by Crippen LogP contribution is 2.37. The average Bonchev–Trinajstić information content (AvgIpc) is 3.80. The molecule has 5 nitrogen and oxygen atoms in total. The van der Waals surface area contributed by atoms with Crippen molar-refractivity contribution in [2.45, 2.75) is 0 Å². The lowest BCUT2D eigenvalue weighted by molar-refractivity contribution is 0.484. The summed E-state index contributed by atoms with van der Waals surface area (Å²) in [5.41, 5.74) is 8.11. The molecule has 10 aromatic rings. The number of imidazole rings is 2. The third kappa shape index (κ3) is 4.03. The van der Waals surface area contributed by atoms with Gasteiger partial charge in [0.25, 0.3) is 0 Å². The van der Waals surface area contributed by atoms with Gasteiger partial charge in [0.2, 0.25) is 0 Å². The smallest absolute Gasteiger partial charge is 0.146 e. The molecule has 0 aliphatic rings. The van der Waals surface area contributed by atoms with Gasteiger partial charge < -0.3 is 4.74 Å². The predicted octanol–water partition coefficient (Wildman–Crippen LogP) is 10.7. The maximum Gasteiger partial charge on any atom is 0.146 e. The van der Waals surface area contributed by atoms with Crippen LogP contribution in [0.1, 0.15) is 0 Å². The summed E-state index contributed by atoms with van der Waals surface area (Å²) < 4.78 is 11.0. The Morgan fingerprint density at radius 3 is 1.28 bits per heavy atom. The Kier molecular flexibility index (Phi) is 5.51. The minimum Gasteiger partial charge on any atom is -0.457 e. The van der Waals surface area contributed by atoms with E-state index >= 15 is 0 Å². The van der Waals surface area contributed by atoms with Crippen LogP contribution in [-0.2, 0) is 0 Å². The monoisotopic (exact) mass is 602 g/mol. The Labute approximate surface area is 269 Å². The molecule has 10 rings (SSSR count). The molecule has 0 aliphatic carbocycles. The number of para-hydroxylation sites is 2. The van der Waals surface area contributed by atoms with Crippen molar-refractivity contribution in [1.29, 1.82) is 0 Å². The second kappa shape index (κ2) is 10.0. The van der Waals surface area contributed by atoms with Crippen LogP contribution in [0.25, 0.3) is 77.2 Å². The van der Waals surface area contributed by atoms with Crippen LogP contribution in [0.2, 0.25) is 0 Å². The number of nitrogens with zero attached hydrogens (tertiary/aromatic N) is 4. The highest BCUT2D eigenvalue weighted by atomic mass is 16.5. The predicted molar refractivity (Wildman–Crippen MR) is 191 cm³/mol. The first-order chi connectivity index (χ1) is 23.3. The van der Waals surface area contributed by atoms with Crippen LogP contribution in [0.4, 0.5) is 0 Å². The summed E-state index contributed by atoms with van der Waals surface area (Å²) in [5.74, 6) is 1.51. The summed E-state index contributed by atoms with van der Waals surface area (Å²) in [7, 11) is 0. The molecule has 4 heterocycles. The number of aromatic nitrogens is 4. The van der Waals surface area contributed by atoms with Gasteiger partial charge in [-0.2, -0.15) is 0 Å². The Hall–Kier alpha value is -6.46. The van der Waals surface area contributed by atoms with E-state index in [9.17, 15) is 0 Å². The van der Waals surface area contributed by atoms with Gasteiger partial charge >= 0.3 is 0 Å². The van der Waals surface area contributed by atoms with Gasteiger partial charge in [0.05, 0.1) is 22.4 Å². The molecule has 0 saturated heterocycles. The minimum atomic E-state index is 0.753.